The second kappa shape index (κ2) is 7.17. The van der Waals surface area contributed by atoms with Crippen LogP contribution in [0.2, 0.25) is 0 Å². The third-order valence-corrected chi connectivity index (χ3v) is 2.79. The lowest BCUT2D eigenvalue weighted by molar-refractivity contribution is -0.120. The lowest BCUT2D eigenvalue weighted by Gasteiger charge is -2.11. The first-order valence-electron chi connectivity index (χ1n) is 6.58. The van der Waals surface area contributed by atoms with E-state index in [1.165, 1.54) is 5.56 Å². The van der Waals surface area contributed by atoms with Crippen LogP contribution in [0, 0.1) is 5.92 Å². The molecule has 1 amide bonds. The van der Waals surface area contributed by atoms with Gasteiger partial charge in [0.2, 0.25) is 5.91 Å². The molecule has 0 heterocycles. The van der Waals surface area contributed by atoms with Crippen molar-refractivity contribution in [1.82, 2.24) is 5.32 Å². The zero-order valence-corrected chi connectivity index (χ0v) is 11.6. The summed E-state index contributed by atoms with van der Waals surface area (Å²) in [5.41, 5.74) is 7.83. The lowest BCUT2D eigenvalue weighted by Crippen LogP contribution is -2.38. The van der Waals surface area contributed by atoms with Crippen molar-refractivity contribution in [1.29, 1.82) is 0 Å². The maximum absolute atomic E-state index is 11.7. The molecular formula is C15H24N2O. The van der Waals surface area contributed by atoms with Crippen molar-refractivity contribution < 1.29 is 4.79 Å². The minimum absolute atomic E-state index is 0.0320. The van der Waals surface area contributed by atoms with E-state index in [9.17, 15) is 4.79 Å². The summed E-state index contributed by atoms with van der Waals surface area (Å²) in [6, 6.07) is 8.32. The summed E-state index contributed by atoms with van der Waals surface area (Å²) in [5, 5.41) is 2.86. The van der Waals surface area contributed by atoms with E-state index in [1.807, 2.05) is 19.1 Å². The third-order valence-electron chi connectivity index (χ3n) is 2.79. The molecule has 0 bridgehead atoms. The van der Waals surface area contributed by atoms with Gasteiger partial charge < -0.3 is 11.1 Å². The van der Waals surface area contributed by atoms with E-state index in [1.54, 1.807) is 0 Å². The van der Waals surface area contributed by atoms with Gasteiger partial charge in [-0.1, -0.05) is 38.1 Å². The summed E-state index contributed by atoms with van der Waals surface area (Å²) in [7, 11) is 0. The molecule has 0 aliphatic carbocycles. The first-order valence-corrected chi connectivity index (χ1v) is 6.58. The number of hydrogen-bond donors (Lipinski definition) is 2. The number of benzene rings is 1. The highest BCUT2D eigenvalue weighted by Crippen LogP contribution is 2.10. The number of hydrogen-bond acceptors (Lipinski definition) is 2. The zero-order chi connectivity index (χ0) is 13.5. The van der Waals surface area contributed by atoms with Crippen LogP contribution in [0.1, 0.15) is 31.9 Å². The predicted molar refractivity (Wildman–Crippen MR) is 75.3 cm³/mol. The average Bonchev–Trinajstić information content (AvgIpc) is 2.30. The van der Waals surface area contributed by atoms with Gasteiger partial charge >= 0.3 is 0 Å². The standard InChI is InChI=1S/C15H24N2O/c1-11(2)8-13-4-6-14(7-5-13)9-15(18)17-12(3)10-16/h4-7,11-12H,8-10,16H2,1-3H3,(H,17,18)/t12-/m0/s1. The molecular weight excluding hydrogens is 224 g/mol. The molecule has 3 heteroatoms. The van der Waals surface area contributed by atoms with E-state index in [4.69, 9.17) is 5.73 Å². The van der Waals surface area contributed by atoms with Crippen LogP contribution >= 0.6 is 0 Å². The summed E-state index contributed by atoms with van der Waals surface area (Å²) in [4.78, 5) is 11.7. The molecule has 0 spiro atoms. The molecule has 1 rings (SSSR count). The normalized spacial score (nSPS) is 12.5. The topological polar surface area (TPSA) is 55.1 Å². The van der Waals surface area contributed by atoms with Crippen LogP contribution < -0.4 is 11.1 Å². The maximum Gasteiger partial charge on any atom is 0.224 e. The van der Waals surface area contributed by atoms with Crippen LogP contribution in [0.5, 0.6) is 0 Å². The van der Waals surface area contributed by atoms with Gasteiger partial charge in [-0.25, -0.2) is 0 Å². The molecule has 1 atom stereocenters. The number of carbonyl (C=O) groups excluding carboxylic acids is 1. The highest BCUT2D eigenvalue weighted by Gasteiger charge is 2.06. The van der Waals surface area contributed by atoms with Crippen molar-refractivity contribution in [3.8, 4) is 0 Å². The van der Waals surface area contributed by atoms with Crippen LogP contribution in [-0.4, -0.2) is 18.5 Å². The Kier molecular flexibility index (Phi) is 5.86. The van der Waals surface area contributed by atoms with E-state index in [2.05, 4.69) is 31.3 Å². The lowest BCUT2D eigenvalue weighted by atomic mass is 10.0. The molecule has 18 heavy (non-hydrogen) atoms. The highest BCUT2D eigenvalue weighted by molar-refractivity contribution is 5.78. The molecule has 1 aromatic rings. The van der Waals surface area contributed by atoms with Crippen molar-refractivity contribution in [2.75, 3.05) is 6.54 Å². The van der Waals surface area contributed by atoms with Gasteiger partial charge in [-0.15, -0.1) is 0 Å². The van der Waals surface area contributed by atoms with Crippen molar-refractivity contribution in [2.24, 2.45) is 11.7 Å². The van der Waals surface area contributed by atoms with Crippen molar-refractivity contribution >= 4 is 5.91 Å². The SMILES string of the molecule is CC(C)Cc1ccc(CC(=O)N[C@@H](C)CN)cc1. The van der Waals surface area contributed by atoms with Crippen LogP contribution in [0.3, 0.4) is 0 Å². The van der Waals surface area contributed by atoms with E-state index in [-0.39, 0.29) is 11.9 Å². The summed E-state index contributed by atoms with van der Waals surface area (Å²) >= 11 is 0. The molecule has 3 nitrogen and oxygen atoms in total. The molecule has 1 aromatic carbocycles. The number of carbonyl (C=O) groups is 1. The molecule has 3 N–H and O–H groups in total. The van der Waals surface area contributed by atoms with Gasteiger partial charge in [-0.05, 0) is 30.4 Å². The molecule has 0 saturated heterocycles. The Morgan fingerprint density at radius 3 is 2.22 bits per heavy atom. The molecule has 0 fully saturated rings. The maximum atomic E-state index is 11.7. The molecule has 0 saturated carbocycles. The number of amides is 1. The van der Waals surface area contributed by atoms with E-state index in [0.29, 0.717) is 18.9 Å². The summed E-state index contributed by atoms with van der Waals surface area (Å²) in [5.74, 6) is 0.689. The number of rotatable bonds is 6. The monoisotopic (exact) mass is 248 g/mol. The largest absolute Gasteiger partial charge is 0.352 e. The molecule has 0 radical (unpaired) electrons. The fourth-order valence-electron chi connectivity index (χ4n) is 1.83. The Morgan fingerprint density at radius 1 is 1.17 bits per heavy atom. The predicted octanol–water partition coefficient (Wildman–Crippen LogP) is 1.89. The second-order valence-electron chi connectivity index (χ2n) is 5.30. The van der Waals surface area contributed by atoms with Gasteiger partial charge in [0, 0.05) is 12.6 Å². The zero-order valence-electron chi connectivity index (χ0n) is 11.6. The minimum atomic E-state index is 0.0320. The van der Waals surface area contributed by atoms with Gasteiger partial charge in [0.05, 0.1) is 6.42 Å². The van der Waals surface area contributed by atoms with Crippen LogP contribution in [0.4, 0.5) is 0 Å². The fraction of sp³-hybridized carbons (Fsp3) is 0.533. The fourth-order valence-corrected chi connectivity index (χ4v) is 1.83. The Hall–Kier alpha value is -1.35. The molecule has 100 valence electrons. The van der Waals surface area contributed by atoms with Gasteiger partial charge in [0.15, 0.2) is 0 Å². The van der Waals surface area contributed by atoms with E-state index >= 15 is 0 Å². The molecule has 0 unspecified atom stereocenters. The van der Waals surface area contributed by atoms with Gasteiger partial charge in [-0.2, -0.15) is 0 Å². The quantitative estimate of drug-likeness (QED) is 0.807. The molecule has 0 aliphatic rings. The van der Waals surface area contributed by atoms with Gasteiger partial charge in [-0.3, -0.25) is 4.79 Å². The summed E-state index contributed by atoms with van der Waals surface area (Å²) in [6.07, 6.45) is 1.50. The van der Waals surface area contributed by atoms with Crippen molar-refractivity contribution in [3.63, 3.8) is 0 Å². The van der Waals surface area contributed by atoms with Crippen LogP contribution in [0.15, 0.2) is 24.3 Å². The van der Waals surface area contributed by atoms with Crippen LogP contribution in [0.25, 0.3) is 0 Å². The third kappa shape index (κ3) is 5.32. The Balaban J connectivity index is 2.50. The average molecular weight is 248 g/mol. The Labute approximate surface area is 110 Å². The summed E-state index contributed by atoms with van der Waals surface area (Å²) < 4.78 is 0. The first-order chi connectivity index (χ1) is 8.51. The van der Waals surface area contributed by atoms with Crippen molar-refractivity contribution in [2.45, 2.75) is 39.7 Å². The smallest absolute Gasteiger partial charge is 0.224 e. The Morgan fingerprint density at radius 2 is 1.72 bits per heavy atom. The van der Waals surface area contributed by atoms with E-state index in [0.717, 1.165) is 12.0 Å². The second-order valence-corrected chi connectivity index (χ2v) is 5.30. The van der Waals surface area contributed by atoms with Crippen LogP contribution in [-0.2, 0) is 17.6 Å². The number of nitrogens with one attached hydrogen (secondary N) is 1. The first kappa shape index (κ1) is 14.7. The number of nitrogens with two attached hydrogens (primary N) is 1. The highest BCUT2D eigenvalue weighted by atomic mass is 16.1. The van der Waals surface area contributed by atoms with Crippen molar-refractivity contribution in [3.05, 3.63) is 35.4 Å². The summed E-state index contributed by atoms with van der Waals surface area (Å²) in [6.45, 7) is 6.79. The molecule has 0 aromatic heterocycles. The molecule has 0 aliphatic heterocycles. The Bertz CT molecular complexity index is 371. The van der Waals surface area contributed by atoms with E-state index < -0.39 is 0 Å². The van der Waals surface area contributed by atoms with Gasteiger partial charge in [0.1, 0.15) is 0 Å². The van der Waals surface area contributed by atoms with Gasteiger partial charge in [0.25, 0.3) is 0 Å². The minimum Gasteiger partial charge on any atom is -0.352 e.